The van der Waals surface area contributed by atoms with E-state index in [9.17, 15) is 9.59 Å². The minimum absolute atomic E-state index is 0.195. The topological polar surface area (TPSA) is 71.5 Å². The molecule has 0 spiro atoms. The van der Waals surface area contributed by atoms with Crippen molar-refractivity contribution in [2.24, 2.45) is 0 Å². The molecule has 1 aliphatic rings. The summed E-state index contributed by atoms with van der Waals surface area (Å²) in [7, 11) is 3.21. The van der Waals surface area contributed by atoms with Crippen molar-refractivity contribution < 1.29 is 14.3 Å². The fourth-order valence-electron chi connectivity index (χ4n) is 2.12. The van der Waals surface area contributed by atoms with Gasteiger partial charge in [-0.25, -0.2) is 4.98 Å². The Morgan fingerprint density at radius 3 is 3.15 bits per heavy atom. The number of aromatic nitrogens is 1. The van der Waals surface area contributed by atoms with Gasteiger partial charge in [-0.05, 0) is 6.42 Å². The van der Waals surface area contributed by atoms with E-state index in [-0.39, 0.29) is 17.9 Å². The van der Waals surface area contributed by atoms with Crippen LogP contribution in [0.2, 0.25) is 0 Å². The van der Waals surface area contributed by atoms with Gasteiger partial charge in [-0.1, -0.05) is 0 Å². The van der Waals surface area contributed by atoms with Crippen LogP contribution in [0.1, 0.15) is 25.0 Å². The van der Waals surface area contributed by atoms with Crippen LogP contribution in [0.5, 0.6) is 0 Å². The lowest BCUT2D eigenvalue weighted by Gasteiger charge is -2.29. The maximum atomic E-state index is 11.4. The highest BCUT2D eigenvalue weighted by Gasteiger charge is 2.23. The van der Waals surface area contributed by atoms with Gasteiger partial charge >= 0.3 is 5.97 Å². The second-order valence-corrected chi connectivity index (χ2v) is 5.73. The van der Waals surface area contributed by atoms with Crippen LogP contribution in [-0.2, 0) is 20.7 Å². The Kier molecular flexibility index (Phi) is 4.94. The molecule has 1 fully saturated rings. The minimum atomic E-state index is -0.222. The van der Waals surface area contributed by atoms with Gasteiger partial charge in [0.2, 0.25) is 5.91 Å². The Hall–Kier alpha value is -1.63. The molecule has 1 amide bonds. The third-order valence-electron chi connectivity index (χ3n) is 3.32. The summed E-state index contributed by atoms with van der Waals surface area (Å²) >= 11 is 1.53. The summed E-state index contributed by atoms with van der Waals surface area (Å²) in [5, 5.41) is 6.14. The van der Waals surface area contributed by atoms with Gasteiger partial charge in [-0.2, -0.15) is 0 Å². The molecule has 20 heavy (non-hydrogen) atoms. The number of nitrogens with one attached hydrogen (secondary N) is 1. The number of nitrogens with zero attached hydrogens (tertiary/aromatic N) is 2. The van der Waals surface area contributed by atoms with Crippen LogP contribution < -0.4 is 5.32 Å². The van der Waals surface area contributed by atoms with E-state index in [2.05, 4.69) is 15.0 Å². The van der Waals surface area contributed by atoms with E-state index in [1.165, 1.54) is 18.4 Å². The standard InChI is InChI=1S/C13H19N3O3S/c1-16-7-9(3-5-11(16)17)14-13-15-10(8-20-13)4-6-12(18)19-2/h8-9H,3-7H2,1-2H3,(H,14,15). The molecule has 2 rings (SSSR count). The van der Waals surface area contributed by atoms with Gasteiger partial charge < -0.3 is 15.0 Å². The van der Waals surface area contributed by atoms with Crippen molar-refractivity contribution in [3.05, 3.63) is 11.1 Å². The second kappa shape index (κ2) is 6.69. The second-order valence-electron chi connectivity index (χ2n) is 4.87. The number of carbonyl (C=O) groups is 2. The molecular weight excluding hydrogens is 278 g/mol. The van der Waals surface area contributed by atoms with Crippen LogP contribution in [0.25, 0.3) is 0 Å². The Labute approximate surface area is 122 Å². The summed E-state index contributed by atoms with van der Waals surface area (Å²) < 4.78 is 4.61. The number of carbonyl (C=O) groups excluding carboxylic acids is 2. The average Bonchev–Trinajstić information content (AvgIpc) is 2.88. The zero-order valence-corrected chi connectivity index (χ0v) is 12.5. The van der Waals surface area contributed by atoms with Gasteiger partial charge in [0.05, 0.1) is 19.2 Å². The van der Waals surface area contributed by atoms with Crippen molar-refractivity contribution in [3.63, 3.8) is 0 Å². The third-order valence-corrected chi connectivity index (χ3v) is 4.14. The van der Waals surface area contributed by atoms with Crippen LogP contribution in [-0.4, -0.2) is 48.5 Å². The number of likely N-dealkylation sites (N-methyl/N-ethyl adjacent to an activating group) is 1. The first-order chi connectivity index (χ1) is 9.58. The van der Waals surface area contributed by atoms with E-state index >= 15 is 0 Å². The highest BCUT2D eigenvalue weighted by atomic mass is 32.1. The lowest BCUT2D eigenvalue weighted by molar-refractivity contribution is -0.140. The normalized spacial score (nSPS) is 19.0. The van der Waals surface area contributed by atoms with Crippen LogP contribution in [0.4, 0.5) is 5.13 Å². The number of thiazole rings is 1. The Morgan fingerprint density at radius 2 is 2.45 bits per heavy atom. The van der Waals surface area contributed by atoms with E-state index < -0.39 is 0 Å². The Bertz CT molecular complexity index is 489. The van der Waals surface area contributed by atoms with E-state index in [0.717, 1.165) is 17.2 Å². The van der Waals surface area contributed by atoms with Crippen LogP contribution in [0.15, 0.2) is 5.38 Å². The maximum absolute atomic E-state index is 11.4. The van der Waals surface area contributed by atoms with Gasteiger partial charge in [0.25, 0.3) is 0 Å². The first-order valence-electron chi connectivity index (χ1n) is 6.60. The summed E-state index contributed by atoms with van der Waals surface area (Å²) in [5.41, 5.74) is 0.892. The predicted octanol–water partition coefficient (Wildman–Crippen LogP) is 1.28. The Balaban J connectivity index is 1.83. The van der Waals surface area contributed by atoms with Crippen molar-refractivity contribution >= 4 is 28.3 Å². The van der Waals surface area contributed by atoms with Crippen molar-refractivity contribution in [2.75, 3.05) is 26.0 Å². The highest BCUT2D eigenvalue weighted by Crippen LogP contribution is 2.20. The predicted molar refractivity (Wildman–Crippen MR) is 76.7 cm³/mol. The van der Waals surface area contributed by atoms with Crippen molar-refractivity contribution in [3.8, 4) is 0 Å². The molecule has 1 atom stereocenters. The van der Waals surface area contributed by atoms with E-state index in [0.29, 0.717) is 25.8 Å². The molecule has 1 unspecified atom stereocenters. The largest absolute Gasteiger partial charge is 0.469 e. The van der Waals surface area contributed by atoms with Crippen LogP contribution >= 0.6 is 11.3 Å². The van der Waals surface area contributed by atoms with Crippen LogP contribution in [0, 0.1) is 0 Å². The minimum Gasteiger partial charge on any atom is -0.469 e. The van der Waals surface area contributed by atoms with Gasteiger partial charge in [0.15, 0.2) is 5.13 Å². The SMILES string of the molecule is COC(=O)CCc1csc(NC2CCC(=O)N(C)C2)n1. The lowest BCUT2D eigenvalue weighted by atomic mass is 10.1. The number of ether oxygens (including phenoxy) is 1. The molecule has 0 aromatic carbocycles. The number of hydrogen-bond acceptors (Lipinski definition) is 6. The molecule has 6 nitrogen and oxygen atoms in total. The number of likely N-dealkylation sites (tertiary alicyclic amines) is 1. The number of anilines is 1. The van der Waals surface area contributed by atoms with Gasteiger partial charge in [0.1, 0.15) is 0 Å². The molecule has 7 heteroatoms. The van der Waals surface area contributed by atoms with Crippen LogP contribution in [0.3, 0.4) is 0 Å². The first-order valence-corrected chi connectivity index (χ1v) is 7.48. The zero-order chi connectivity index (χ0) is 14.5. The average molecular weight is 297 g/mol. The number of esters is 1. The van der Waals surface area contributed by atoms with Crippen molar-refractivity contribution in [1.29, 1.82) is 0 Å². The fraction of sp³-hybridized carbons (Fsp3) is 0.615. The molecule has 0 saturated carbocycles. The van der Waals surface area contributed by atoms with Gasteiger partial charge in [0, 0.05) is 37.9 Å². The smallest absolute Gasteiger partial charge is 0.305 e. The summed E-state index contributed by atoms with van der Waals surface area (Å²) in [5.74, 6) is -0.0270. The van der Waals surface area contributed by atoms with Gasteiger partial charge in [-0.3, -0.25) is 9.59 Å². The van der Waals surface area contributed by atoms with E-state index in [1.54, 1.807) is 4.90 Å². The molecule has 1 aromatic rings. The molecular formula is C13H19N3O3S. The number of methoxy groups -OCH3 is 1. The molecule has 2 heterocycles. The molecule has 1 aliphatic heterocycles. The molecule has 0 bridgehead atoms. The zero-order valence-electron chi connectivity index (χ0n) is 11.7. The summed E-state index contributed by atoms with van der Waals surface area (Å²) in [4.78, 5) is 28.7. The number of amides is 1. The number of hydrogen-bond donors (Lipinski definition) is 1. The number of rotatable bonds is 5. The summed E-state index contributed by atoms with van der Waals surface area (Å²) in [6.45, 7) is 0.704. The fourth-order valence-corrected chi connectivity index (χ4v) is 2.95. The van der Waals surface area contributed by atoms with E-state index in [4.69, 9.17) is 0 Å². The number of piperidine rings is 1. The molecule has 1 N–H and O–H groups in total. The highest BCUT2D eigenvalue weighted by molar-refractivity contribution is 7.13. The lowest BCUT2D eigenvalue weighted by Crippen LogP contribution is -2.43. The van der Waals surface area contributed by atoms with Crippen molar-refractivity contribution in [1.82, 2.24) is 9.88 Å². The third kappa shape index (κ3) is 3.93. The number of aryl methyl sites for hydroxylation is 1. The quantitative estimate of drug-likeness (QED) is 0.829. The molecule has 1 saturated heterocycles. The molecule has 0 radical (unpaired) electrons. The maximum Gasteiger partial charge on any atom is 0.305 e. The molecule has 0 aliphatic carbocycles. The van der Waals surface area contributed by atoms with Crippen molar-refractivity contribution in [2.45, 2.75) is 31.7 Å². The monoisotopic (exact) mass is 297 g/mol. The first kappa shape index (κ1) is 14.8. The molecule has 1 aromatic heterocycles. The van der Waals surface area contributed by atoms with E-state index in [1.807, 2.05) is 12.4 Å². The van der Waals surface area contributed by atoms with Gasteiger partial charge in [-0.15, -0.1) is 11.3 Å². The molecule has 110 valence electrons. The Morgan fingerprint density at radius 1 is 1.65 bits per heavy atom. The summed E-state index contributed by atoms with van der Waals surface area (Å²) in [6.07, 6.45) is 2.35. The summed E-state index contributed by atoms with van der Waals surface area (Å²) in [6, 6.07) is 0.248.